The van der Waals surface area contributed by atoms with Gasteiger partial charge < -0.3 is 36.8 Å². The van der Waals surface area contributed by atoms with Gasteiger partial charge in [0.05, 0.1) is 6.04 Å². The monoisotopic (exact) mass is 501 g/mol. The van der Waals surface area contributed by atoms with Crippen LogP contribution in [0.1, 0.15) is 23.2 Å². The molecule has 34 heavy (non-hydrogen) atoms. The zero-order valence-electron chi connectivity index (χ0n) is 17.8. The van der Waals surface area contributed by atoms with E-state index < -0.39 is 23.9 Å². The molecule has 1 aliphatic rings. The van der Waals surface area contributed by atoms with E-state index in [2.05, 4.69) is 25.9 Å². The summed E-state index contributed by atoms with van der Waals surface area (Å²) < 4.78 is 0. The Morgan fingerprint density at radius 2 is 1.94 bits per heavy atom. The molecule has 8 N–H and O–H groups in total. The van der Waals surface area contributed by atoms with E-state index in [1.54, 1.807) is 19.2 Å². The van der Waals surface area contributed by atoms with Crippen molar-refractivity contribution in [3.63, 3.8) is 0 Å². The van der Waals surface area contributed by atoms with Crippen molar-refractivity contribution in [2.75, 3.05) is 41.4 Å². The number of carbonyl (C=O) groups excluding carboxylic acids is 1. The number of nitrogens with two attached hydrogens (primary N) is 1. The third-order valence-electron chi connectivity index (χ3n) is 5.26. The van der Waals surface area contributed by atoms with Crippen LogP contribution in [-0.4, -0.2) is 108 Å². The second kappa shape index (κ2) is 11.9. The number of rotatable bonds is 9. The number of likely N-dealkylation sites (N-methyl/N-ethyl adjacent to an activating group) is 1. The van der Waals surface area contributed by atoms with Crippen molar-refractivity contribution in [2.45, 2.75) is 24.9 Å². The average molecular weight is 502 g/mol. The summed E-state index contributed by atoms with van der Waals surface area (Å²) in [6.07, 6.45) is -0.586. The van der Waals surface area contributed by atoms with Gasteiger partial charge >= 0.3 is 49.7 Å². The summed E-state index contributed by atoms with van der Waals surface area (Å²) in [7, 11) is 1.79. The number of nitrogen functional groups attached to an aromatic ring is 1. The topological polar surface area (TPSA) is 203 Å². The van der Waals surface area contributed by atoms with Crippen LogP contribution in [0.2, 0.25) is 0 Å². The second-order valence-electron chi connectivity index (χ2n) is 7.55. The second-order valence-corrected chi connectivity index (χ2v) is 7.55. The molecule has 2 aromatic rings. The molecule has 13 nitrogen and oxygen atoms in total. The van der Waals surface area contributed by atoms with Crippen molar-refractivity contribution in [3.8, 4) is 0 Å². The van der Waals surface area contributed by atoms with Gasteiger partial charge in [-0.2, -0.15) is 4.98 Å². The number of amides is 1. The Balaban J connectivity index is 0.00000408. The number of aromatic nitrogens is 2. The minimum absolute atomic E-state index is 0. The van der Waals surface area contributed by atoms with Crippen molar-refractivity contribution < 1.29 is 24.6 Å². The number of aromatic amines is 1. The first-order valence-corrected chi connectivity index (χ1v) is 10.1. The van der Waals surface area contributed by atoms with Crippen LogP contribution in [0, 0.1) is 0 Å². The Morgan fingerprint density at radius 1 is 1.26 bits per heavy atom. The number of carboxylic acid groups (broad SMARTS) is 2. The fourth-order valence-electron chi connectivity index (χ4n) is 3.42. The molecule has 0 bridgehead atoms. The van der Waals surface area contributed by atoms with E-state index in [4.69, 9.17) is 10.8 Å². The molecule has 0 saturated heterocycles. The molecule has 2 atom stereocenters. The number of aliphatic carboxylic acids is 2. The first-order chi connectivity index (χ1) is 15.7. The quantitative estimate of drug-likeness (QED) is 0.204. The Kier molecular flexibility index (Phi) is 9.53. The van der Waals surface area contributed by atoms with Gasteiger partial charge in [0.15, 0.2) is 5.82 Å². The van der Waals surface area contributed by atoms with Crippen molar-refractivity contribution in [3.05, 3.63) is 40.2 Å². The van der Waals surface area contributed by atoms with Crippen LogP contribution in [0.5, 0.6) is 0 Å². The number of fused-ring (bicyclic) bond motifs is 1. The summed E-state index contributed by atoms with van der Waals surface area (Å²) >= 11 is 0. The predicted molar refractivity (Wildman–Crippen MR) is 129 cm³/mol. The van der Waals surface area contributed by atoms with Crippen LogP contribution in [0.3, 0.4) is 0 Å². The van der Waals surface area contributed by atoms with Gasteiger partial charge in [0.2, 0.25) is 5.95 Å². The van der Waals surface area contributed by atoms with E-state index in [0.29, 0.717) is 24.6 Å². The molecule has 0 radical (unpaired) electrons. The van der Waals surface area contributed by atoms with E-state index >= 15 is 0 Å². The molecule has 0 fully saturated rings. The number of hydrogen-bond donors (Lipinski definition) is 7. The minimum atomic E-state index is -1.30. The van der Waals surface area contributed by atoms with Gasteiger partial charge in [0, 0.05) is 37.8 Å². The third kappa shape index (κ3) is 6.74. The molecule has 1 amide bonds. The number of anilines is 4. The fourth-order valence-corrected chi connectivity index (χ4v) is 3.42. The van der Waals surface area contributed by atoms with E-state index in [9.17, 15) is 24.3 Å². The van der Waals surface area contributed by atoms with Crippen LogP contribution in [0.25, 0.3) is 0 Å². The van der Waals surface area contributed by atoms with Crippen LogP contribution < -0.4 is 32.1 Å². The summed E-state index contributed by atoms with van der Waals surface area (Å²) in [5.74, 6) is -2.59. The molecule has 0 saturated carbocycles. The van der Waals surface area contributed by atoms with Gasteiger partial charge in [-0.3, -0.25) is 19.4 Å². The zero-order valence-corrected chi connectivity index (χ0v) is 17.8. The molecule has 1 aliphatic heterocycles. The van der Waals surface area contributed by atoms with Gasteiger partial charge in [0.1, 0.15) is 11.7 Å². The predicted octanol–water partition coefficient (Wildman–Crippen LogP) is -1.17. The number of carbonyl (C=O) groups is 3. The normalized spacial score (nSPS) is 15.2. The van der Waals surface area contributed by atoms with Crippen LogP contribution in [0.15, 0.2) is 29.1 Å². The number of nitrogens with one attached hydrogen (secondary N) is 4. The standard InChI is InChI=1S/C20H25N7O6.Ca.2H/c1-27-12(9-23-16-15(27)18(31)26-20(21)25-16)8-22-11-4-2-10(3-5-11)17(30)24-13(19(32)33)6-7-14(28)29;;;/h2-5,12-13,22H,6-9H2,1H3,(H,24,30)(H,28,29)(H,32,33)(H4,21,23,25,26,31);;;/t12-,13-;;;/m0.../s1. The number of H-pyrrole nitrogens is 1. The maximum atomic E-state index is 12.3. The third-order valence-corrected chi connectivity index (χ3v) is 5.26. The van der Waals surface area contributed by atoms with Crippen molar-refractivity contribution in [1.29, 1.82) is 0 Å². The molecule has 0 aliphatic carbocycles. The molecule has 2 heterocycles. The van der Waals surface area contributed by atoms with E-state index in [1.807, 2.05) is 4.90 Å². The summed E-state index contributed by atoms with van der Waals surface area (Å²) in [6, 6.07) is 5.03. The van der Waals surface area contributed by atoms with E-state index in [1.165, 1.54) is 12.1 Å². The van der Waals surface area contributed by atoms with Gasteiger partial charge in [0.25, 0.3) is 11.5 Å². The first kappa shape index (κ1) is 27.2. The van der Waals surface area contributed by atoms with Gasteiger partial charge in [-0.1, -0.05) is 0 Å². The molecule has 1 aromatic carbocycles. The molecular formula is C20H27CaN7O6. The summed E-state index contributed by atoms with van der Waals surface area (Å²) in [6.45, 7) is 1.01. The Labute approximate surface area is 224 Å². The number of hydrogen-bond acceptors (Lipinski definition) is 9. The molecule has 14 heteroatoms. The van der Waals surface area contributed by atoms with Crippen molar-refractivity contribution >= 4 is 78.7 Å². The number of benzene rings is 1. The fraction of sp³-hybridized carbons (Fsp3) is 0.350. The molecular weight excluding hydrogens is 474 g/mol. The zero-order chi connectivity index (χ0) is 24.1. The van der Waals surface area contributed by atoms with Crippen LogP contribution in [0.4, 0.5) is 23.1 Å². The molecule has 0 unspecified atom stereocenters. The van der Waals surface area contributed by atoms with Crippen molar-refractivity contribution in [2.24, 2.45) is 0 Å². The molecule has 0 spiro atoms. The van der Waals surface area contributed by atoms with Crippen molar-refractivity contribution in [1.82, 2.24) is 15.3 Å². The Hall–Kier alpha value is -3.03. The number of nitrogens with zero attached hydrogens (tertiary/aromatic N) is 2. The molecule has 180 valence electrons. The molecule has 1 aromatic heterocycles. The van der Waals surface area contributed by atoms with Gasteiger partial charge in [-0.15, -0.1) is 0 Å². The summed E-state index contributed by atoms with van der Waals surface area (Å²) in [5, 5.41) is 26.6. The Morgan fingerprint density at radius 3 is 2.56 bits per heavy atom. The number of carboxylic acids is 2. The SMILES string of the molecule is CN1c2c(nc(N)[nH]c2=O)NC[C@@H]1CNc1ccc(C(=O)N[C@@H](CCC(=O)O)C(=O)O)cc1.[CaH2]. The molecule has 3 rings (SSSR count). The maximum absolute atomic E-state index is 12.3. The van der Waals surface area contributed by atoms with E-state index in [-0.39, 0.29) is 73.7 Å². The van der Waals surface area contributed by atoms with Crippen LogP contribution >= 0.6 is 0 Å². The van der Waals surface area contributed by atoms with Gasteiger partial charge in [-0.05, 0) is 30.7 Å². The van der Waals surface area contributed by atoms with Gasteiger partial charge in [-0.25, -0.2) is 4.79 Å². The summed E-state index contributed by atoms with van der Waals surface area (Å²) in [4.78, 5) is 54.9. The summed E-state index contributed by atoms with van der Waals surface area (Å²) in [5.41, 5.74) is 6.59. The van der Waals surface area contributed by atoms with Crippen LogP contribution in [-0.2, 0) is 9.59 Å². The van der Waals surface area contributed by atoms with E-state index in [0.717, 1.165) is 5.69 Å². The Bertz CT molecular complexity index is 1110. The average Bonchev–Trinajstić information content (AvgIpc) is 2.75. The first-order valence-electron chi connectivity index (χ1n) is 10.1.